The van der Waals surface area contributed by atoms with Crippen LogP contribution in [0.3, 0.4) is 0 Å². The Balaban J connectivity index is 2.00. The van der Waals surface area contributed by atoms with Crippen molar-refractivity contribution in [1.29, 1.82) is 0 Å². The number of hydrogen-bond acceptors (Lipinski definition) is 3. The summed E-state index contributed by atoms with van der Waals surface area (Å²) in [5.41, 5.74) is 2.99. The molecular weight excluding hydrogens is 360 g/mol. The first-order valence-electron chi connectivity index (χ1n) is 9.00. The number of H-pyrrole nitrogens is 1. The van der Waals surface area contributed by atoms with E-state index in [2.05, 4.69) is 4.98 Å². The summed E-state index contributed by atoms with van der Waals surface area (Å²) in [4.78, 5) is 15.6. The predicted octanol–water partition coefficient (Wildman–Crippen LogP) is 3.75. The predicted molar refractivity (Wildman–Crippen MR) is 108 cm³/mol. The van der Waals surface area contributed by atoms with E-state index in [0.29, 0.717) is 18.5 Å². The van der Waals surface area contributed by atoms with Gasteiger partial charge in [0.05, 0.1) is 4.90 Å². The molecule has 0 radical (unpaired) electrons. The molecule has 1 aromatic heterocycles. The number of aromatic amines is 1. The second-order valence-corrected chi connectivity index (χ2v) is 8.80. The highest BCUT2D eigenvalue weighted by molar-refractivity contribution is 7.89. The number of nitrogens with zero attached hydrogens (tertiary/aromatic N) is 1. The lowest BCUT2D eigenvalue weighted by Gasteiger charge is -2.21. The second-order valence-electron chi connectivity index (χ2n) is 6.87. The van der Waals surface area contributed by atoms with Gasteiger partial charge in [-0.15, -0.1) is 0 Å². The number of aromatic nitrogens is 1. The van der Waals surface area contributed by atoms with Crippen LogP contribution >= 0.6 is 0 Å². The molecule has 3 rings (SSSR count). The molecule has 0 aliphatic heterocycles. The third kappa shape index (κ3) is 4.12. The highest BCUT2D eigenvalue weighted by Gasteiger charge is 2.24. The maximum atomic E-state index is 13.1. The Labute approximate surface area is 159 Å². The smallest absolute Gasteiger partial charge is 0.252 e. The second kappa shape index (κ2) is 7.66. The van der Waals surface area contributed by atoms with E-state index < -0.39 is 10.0 Å². The average Bonchev–Trinajstić information content (AvgIpc) is 2.62. The molecule has 0 aliphatic carbocycles. The van der Waals surface area contributed by atoms with Crippen LogP contribution in [-0.4, -0.2) is 24.3 Å². The van der Waals surface area contributed by atoms with Crippen molar-refractivity contribution in [3.05, 3.63) is 75.6 Å². The van der Waals surface area contributed by atoms with Crippen LogP contribution < -0.4 is 5.56 Å². The van der Waals surface area contributed by atoms with Crippen molar-refractivity contribution in [2.24, 2.45) is 0 Å². The molecule has 0 spiro atoms. The molecule has 0 saturated heterocycles. The number of fused-ring (bicyclic) bond motifs is 1. The molecule has 0 saturated carbocycles. The summed E-state index contributed by atoms with van der Waals surface area (Å²) in [7, 11) is -3.67. The van der Waals surface area contributed by atoms with Crippen molar-refractivity contribution < 1.29 is 8.42 Å². The van der Waals surface area contributed by atoms with Gasteiger partial charge in [0.25, 0.3) is 5.56 Å². The van der Waals surface area contributed by atoms with Crippen molar-refractivity contribution in [1.82, 2.24) is 9.29 Å². The molecule has 1 heterocycles. The van der Waals surface area contributed by atoms with Crippen LogP contribution in [0.25, 0.3) is 10.9 Å². The molecule has 2 aromatic carbocycles. The summed E-state index contributed by atoms with van der Waals surface area (Å²) in [5.74, 6) is 0. The number of sulfonamides is 1. The molecule has 0 unspecified atom stereocenters. The molecule has 0 amide bonds. The standard InChI is InChI=1S/C21H24N2O3S/c1-4-11-23(27(25,26)19-9-6-15(2)7-10-19)14-18-13-17-8-5-16(3)12-20(17)22-21(18)24/h5-10,12-13H,4,11,14H2,1-3H3,(H,22,24). The van der Waals surface area contributed by atoms with Gasteiger partial charge in [0.1, 0.15) is 0 Å². The van der Waals surface area contributed by atoms with E-state index in [1.165, 1.54) is 4.31 Å². The topological polar surface area (TPSA) is 70.2 Å². The minimum Gasteiger partial charge on any atom is -0.322 e. The number of hydrogen-bond donors (Lipinski definition) is 1. The van der Waals surface area contributed by atoms with Gasteiger partial charge in [0, 0.05) is 24.2 Å². The van der Waals surface area contributed by atoms with Crippen molar-refractivity contribution in [3.8, 4) is 0 Å². The van der Waals surface area contributed by atoms with Crippen LogP contribution in [0.4, 0.5) is 0 Å². The first kappa shape index (κ1) is 19.3. The minimum absolute atomic E-state index is 0.0448. The number of pyridine rings is 1. The fraction of sp³-hybridized carbons (Fsp3) is 0.286. The van der Waals surface area contributed by atoms with Gasteiger partial charge in [0.2, 0.25) is 10.0 Å². The average molecular weight is 385 g/mol. The van der Waals surface area contributed by atoms with Crippen LogP contribution in [0.1, 0.15) is 30.0 Å². The lowest BCUT2D eigenvalue weighted by Crippen LogP contribution is -2.33. The summed E-state index contributed by atoms with van der Waals surface area (Å²) in [6, 6.07) is 14.4. The van der Waals surface area contributed by atoms with E-state index in [0.717, 1.165) is 22.0 Å². The third-order valence-electron chi connectivity index (χ3n) is 4.56. The van der Waals surface area contributed by atoms with E-state index in [-0.39, 0.29) is 17.0 Å². The number of rotatable bonds is 6. The van der Waals surface area contributed by atoms with Crippen LogP contribution in [0.15, 0.2) is 58.2 Å². The van der Waals surface area contributed by atoms with Crippen molar-refractivity contribution in [2.45, 2.75) is 38.6 Å². The van der Waals surface area contributed by atoms with Gasteiger partial charge in [-0.2, -0.15) is 4.31 Å². The summed E-state index contributed by atoms with van der Waals surface area (Å²) >= 11 is 0. The highest BCUT2D eigenvalue weighted by Crippen LogP contribution is 2.20. The summed E-state index contributed by atoms with van der Waals surface area (Å²) in [6.07, 6.45) is 0.662. The van der Waals surface area contributed by atoms with Crippen LogP contribution in [0, 0.1) is 13.8 Å². The van der Waals surface area contributed by atoms with E-state index >= 15 is 0 Å². The molecule has 3 aromatic rings. The Hall–Kier alpha value is -2.44. The third-order valence-corrected chi connectivity index (χ3v) is 6.42. The molecule has 0 aliphatic rings. The summed E-state index contributed by atoms with van der Waals surface area (Å²) < 4.78 is 27.5. The summed E-state index contributed by atoms with van der Waals surface area (Å²) in [5, 5.41) is 0.888. The van der Waals surface area contributed by atoms with Crippen LogP contribution in [-0.2, 0) is 16.6 Å². The zero-order valence-corrected chi connectivity index (χ0v) is 16.6. The van der Waals surface area contributed by atoms with Crippen LogP contribution in [0.5, 0.6) is 0 Å². The van der Waals surface area contributed by atoms with Gasteiger partial charge in [-0.05, 0) is 55.5 Å². The van der Waals surface area contributed by atoms with Gasteiger partial charge < -0.3 is 4.98 Å². The van der Waals surface area contributed by atoms with Gasteiger partial charge in [-0.3, -0.25) is 4.79 Å². The molecular formula is C21H24N2O3S. The molecule has 0 fully saturated rings. The Bertz CT molecular complexity index is 1120. The number of benzene rings is 2. The quantitative estimate of drug-likeness (QED) is 0.704. The zero-order valence-electron chi connectivity index (χ0n) is 15.8. The Morgan fingerprint density at radius 1 is 0.963 bits per heavy atom. The first-order valence-corrected chi connectivity index (χ1v) is 10.4. The Morgan fingerprint density at radius 3 is 2.30 bits per heavy atom. The summed E-state index contributed by atoms with van der Waals surface area (Å²) in [6.45, 7) is 6.19. The first-order chi connectivity index (χ1) is 12.8. The fourth-order valence-electron chi connectivity index (χ4n) is 3.06. The van der Waals surface area contributed by atoms with Crippen LogP contribution in [0.2, 0.25) is 0 Å². The van der Waals surface area contributed by atoms with Gasteiger partial charge in [-0.1, -0.05) is 36.8 Å². The SMILES string of the molecule is CCCN(Cc1cc2ccc(C)cc2[nH]c1=O)S(=O)(=O)c1ccc(C)cc1. The maximum absolute atomic E-state index is 13.1. The fourth-order valence-corrected chi connectivity index (χ4v) is 4.57. The van der Waals surface area contributed by atoms with E-state index in [9.17, 15) is 13.2 Å². The van der Waals surface area contributed by atoms with Gasteiger partial charge in [0.15, 0.2) is 0 Å². The largest absolute Gasteiger partial charge is 0.322 e. The van der Waals surface area contributed by atoms with E-state index in [4.69, 9.17) is 0 Å². The van der Waals surface area contributed by atoms with E-state index in [1.54, 1.807) is 30.3 Å². The van der Waals surface area contributed by atoms with Crippen molar-refractivity contribution in [3.63, 3.8) is 0 Å². The Kier molecular flexibility index (Phi) is 5.48. The maximum Gasteiger partial charge on any atom is 0.252 e. The normalized spacial score (nSPS) is 12.0. The van der Waals surface area contributed by atoms with Gasteiger partial charge in [-0.25, -0.2) is 8.42 Å². The highest BCUT2D eigenvalue weighted by atomic mass is 32.2. The van der Waals surface area contributed by atoms with Crippen molar-refractivity contribution in [2.75, 3.05) is 6.54 Å². The van der Waals surface area contributed by atoms with E-state index in [1.807, 2.05) is 39.0 Å². The molecule has 142 valence electrons. The van der Waals surface area contributed by atoms with Crippen molar-refractivity contribution >= 4 is 20.9 Å². The lowest BCUT2D eigenvalue weighted by molar-refractivity contribution is 0.404. The number of nitrogens with one attached hydrogen (secondary N) is 1. The molecule has 1 N–H and O–H groups in total. The zero-order chi connectivity index (χ0) is 19.6. The molecule has 5 nitrogen and oxygen atoms in total. The molecule has 6 heteroatoms. The molecule has 0 atom stereocenters. The minimum atomic E-state index is -3.67. The Morgan fingerprint density at radius 2 is 1.63 bits per heavy atom. The molecule has 27 heavy (non-hydrogen) atoms. The monoisotopic (exact) mass is 384 g/mol. The van der Waals surface area contributed by atoms with Gasteiger partial charge >= 0.3 is 0 Å². The molecule has 0 bridgehead atoms. The number of aryl methyl sites for hydroxylation is 2. The lowest BCUT2D eigenvalue weighted by atomic mass is 10.1.